The van der Waals surface area contributed by atoms with Crippen LogP contribution in [0.4, 0.5) is 0 Å². The van der Waals surface area contributed by atoms with E-state index < -0.39 is 0 Å². The fourth-order valence-electron chi connectivity index (χ4n) is 2.29. The van der Waals surface area contributed by atoms with E-state index in [0.717, 1.165) is 27.7 Å². The van der Waals surface area contributed by atoms with E-state index in [4.69, 9.17) is 4.42 Å². The second kappa shape index (κ2) is 4.70. The summed E-state index contributed by atoms with van der Waals surface area (Å²) in [4.78, 5) is 10.6. The van der Waals surface area contributed by atoms with Gasteiger partial charge in [-0.2, -0.15) is 0 Å². The standard InChI is InChI=1S/C15H12BrNO2/c1-10-15(16)13-4-2-3-5-14(13)17(10)8-11-6-7-12(9-18)19-11/h2-7,9H,8H2,1H3. The van der Waals surface area contributed by atoms with Gasteiger partial charge in [-0.05, 0) is 41.1 Å². The molecule has 0 radical (unpaired) electrons. The number of hydrogen-bond acceptors (Lipinski definition) is 2. The molecule has 0 aliphatic heterocycles. The topological polar surface area (TPSA) is 35.1 Å². The Morgan fingerprint density at radius 3 is 2.79 bits per heavy atom. The third kappa shape index (κ3) is 2.02. The SMILES string of the molecule is Cc1c(Br)c2ccccc2n1Cc1ccc(C=O)o1. The number of para-hydroxylation sites is 1. The fourth-order valence-corrected chi connectivity index (χ4v) is 2.84. The van der Waals surface area contributed by atoms with Gasteiger partial charge in [0.15, 0.2) is 12.0 Å². The van der Waals surface area contributed by atoms with Gasteiger partial charge in [0.1, 0.15) is 5.76 Å². The Balaban J connectivity index is 2.09. The second-order valence-corrected chi connectivity index (χ2v) is 5.22. The molecule has 0 aliphatic carbocycles. The summed E-state index contributed by atoms with van der Waals surface area (Å²) < 4.78 is 8.72. The Kier molecular flexibility index (Phi) is 3.03. The lowest BCUT2D eigenvalue weighted by atomic mass is 10.2. The molecule has 0 aliphatic rings. The minimum absolute atomic E-state index is 0.364. The van der Waals surface area contributed by atoms with Gasteiger partial charge in [0, 0.05) is 21.1 Å². The molecule has 0 fully saturated rings. The molecule has 2 heterocycles. The maximum Gasteiger partial charge on any atom is 0.185 e. The minimum Gasteiger partial charge on any atom is -0.456 e. The fraction of sp³-hybridized carbons (Fsp3) is 0.133. The summed E-state index contributed by atoms with van der Waals surface area (Å²) in [5, 5.41) is 1.18. The van der Waals surface area contributed by atoms with Crippen LogP contribution in [0.15, 0.2) is 45.3 Å². The monoisotopic (exact) mass is 317 g/mol. The molecular weight excluding hydrogens is 306 g/mol. The molecule has 96 valence electrons. The number of benzene rings is 1. The molecule has 4 heteroatoms. The lowest BCUT2D eigenvalue weighted by Crippen LogP contribution is -2.00. The van der Waals surface area contributed by atoms with Crippen molar-refractivity contribution in [2.24, 2.45) is 0 Å². The average molecular weight is 318 g/mol. The molecule has 3 aromatic rings. The molecule has 0 amide bonds. The van der Waals surface area contributed by atoms with Crippen LogP contribution in [0, 0.1) is 6.92 Å². The Bertz CT molecular complexity index is 755. The van der Waals surface area contributed by atoms with Crippen molar-refractivity contribution in [3.05, 3.63) is 58.1 Å². The largest absolute Gasteiger partial charge is 0.456 e. The van der Waals surface area contributed by atoms with Crippen LogP contribution >= 0.6 is 15.9 Å². The van der Waals surface area contributed by atoms with E-state index >= 15 is 0 Å². The van der Waals surface area contributed by atoms with Gasteiger partial charge in [-0.25, -0.2) is 0 Å². The smallest absolute Gasteiger partial charge is 0.185 e. The highest BCUT2D eigenvalue weighted by Crippen LogP contribution is 2.31. The number of aromatic nitrogens is 1. The molecule has 3 rings (SSSR count). The first-order valence-electron chi connectivity index (χ1n) is 5.98. The molecule has 0 saturated carbocycles. The quantitative estimate of drug-likeness (QED) is 0.680. The Labute approximate surface area is 119 Å². The second-order valence-electron chi connectivity index (χ2n) is 4.42. The molecule has 0 bridgehead atoms. The molecule has 0 N–H and O–H groups in total. The number of nitrogens with zero attached hydrogens (tertiary/aromatic N) is 1. The number of carbonyl (C=O) groups excluding carboxylic acids is 1. The predicted octanol–water partition coefficient (Wildman–Crippen LogP) is 4.17. The first-order valence-corrected chi connectivity index (χ1v) is 6.77. The van der Waals surface area contributed by atoms with E-state index in [1.165, 1.54) is 5.39 Å². The van der Waals surface area contributed by atoms with Crippen LogP contribution in [0.5, 0.6) is 0 Å². The van der Waals surface area contributed by atoms with Crippen LogP contribution < -0.4 is 0 Å². The zero-order valence-corrected chi connectivity index (χ0v) is 12.0. The zero-order valence-electron chi connectivity index (χ0n) is 10.4. The number of aldehydes is 1. The molecule has 1 aromatic carbocycles. The van der Waals surface area contributed by atoms with Gasteiger partial charge in [-0.1, -0.05) is 18.2 Å². The Hall–Kier alpha value is -1.81. The summed E-state index contributed by atoms with van der Waals surface area (Å²) in [5.74, 6) is 1.14. The van der Waals surface area contributed by atoms with Gasteiger partial charge in [-0.3, -0.25) is 4.79 Å². The third-order valence-corrected chi connectivity index (χ3v) is 4.27. The number of fused-ring (bicyclic) bond motifs is 1. The van der Waals surface area contributed by atoms with Crippen LogP contribution in [0.25, 0.3) is 10.9 Å². The van der Waals surface area contributed by atoms with Crippen molar-refractivity contribution in [2.75, 3.05) is 0 Å². The molecule has 3 nitrogen and oxygen atoms in total. The van der Waals surface area contributed by atoms with Crippen LogP contribution in [-0.2, 0) is 6.54 Å². The first kappa shape index (κ1) is 12.2. The van der Waals surface area contributed by atoms with Gasteiger partial charge in [0.25, 0.3) is 0 Å². The summed E-state index contributed by atoms with van der Waals surface area (Å²) in [7, 11) is 0. The Morgan fingerprint density at radius 1 is 1.26 bits per heavy atom. The molecule has 2 aromatic heterocycles. The van der Waals surface area contributed by atoms with Crippen molar-refractivity contribution >= 4 is 33.1 Å². The van der Waals surface area contributed by atoms with Gasteiger partial charge in [-0.15, -0.1) is 0 Å². The van der Waals surface area contributed by atoms with Crippen molar-refractivity contribution in [1.82, 2.24) is 4.57 Å². The van der Waals surface area contributed by atoms with Crippen LogP contribution in [-0.4, -0.2) is 10.9 Å². The number of rotatable bonds is 3. The highest BCUT2D eigenvalue weighted by atomic mass is 79.9. The summed E-state index contributed by atoms with van der Waals surface area (Å²) in [6, 6.07) is 11.7. The maximum absolute atomic E-state index is 10.6. The lowest BCUT2D eigenvalue weighted by Gasteiger charge is -2.05. The molecule has 0 unspecified atom stereocenters. The van der Waals surface area contributed by atoms with Gasteiger partial charge in [0.2, 0.25) is 0 Å². The maximum atomic E-state index is 10.6. The summed E-state index contributed by atoms with van der Waals surface area (Å²) in [6.45, 7) is 2.68. The highest BCUT2D eigenvalue weighted by Gasteiger charge is 2.13. The predicted molar refractivity (Wildman–Crippen MR) is 77.6 cm³/mol. The third-order valence-electron chi connectivity index (χ3n) is 3.27. The van der Waals surface area contributed by atoms with Crippen molar-refractivity contribution in [3.8, 4) is 0 Å². The van der Waals surface area contributed by atoms with Gasteiger partial charge < -0.3 is 8.98 Å². The highest BCUT2D eigenvalue weighted by molar-refractivity contribution is 9.10. The molecule has 0 saturated heterocycles. The van der Waals surface area contributed by atoms with E-state index in [1.54, 1.807) is 6.07 Å². The number of furan rings is 1. The number of halogens is 1. The van der Waals surface area contributed by atoms with Gasteiger partial charge in [0.05, 0.1) is 6.54 Å². The summed E-state index contributed by atoms with van der Waals surface area (Å²) >= 11 is 3.63. The Morgan fingerprint density at radius 2 is 2.05 bits per heavy atom. The van der Waals surface area contributed by atoms with E-state index in [1.807, 2.05) is 18.2 Å². The van der Waals surface area contributed by atoms with Crippen LogP contribution in [0.3, 0.4) is 0 Å². The normalized spacial score (nSPS) is 11.1. The zero-order chi connectivity index (χ0) is 13.4. The summed E-state index contributed by atoms with van der Waals surface area (Å²) in [5.41, 5.74) is 2.29. The van der Waals surface area contributed by atoms with Gasteiger partial charge >= 0.3 is 0 Å². The van der Waals surface area contributed by atoms with Crippen molar-refractivity contribution < 1.29 is 9.21 Å². The molecule has 19 heavy (non-hydrogen) atoms. The number of hydrogen-bond donors (Lipinski definition) is 0. The first-order chi connectivity index (χ1) is 9.20. The number of carbonyl (C=O) groups is 1. The van der Waals surface area contributed by atoms with Crippen molar-refractivity contribution in [1.29, 1.82) is 0 Å². The average Bonchev–Trinajstić information content (AvgIpc) is 2.99. The minimum atomic E-state index is 0.364. The van der Waals surface area contributed by atoms with Crippen molar-refractivity contribution in [2.45, 2.75) is 13.5 Å². The molecular formula is C15H12BrNO2. The molecule has 0 atom stereocenters. The molecule has 0 spiro atoms. The van der Waals surface area contributed by atoms with E-state index in [-0.39, 0.29) is 0 Å². The summed E-state index contributed by atoms with van der Waals surface area (Å²) in [6.07, 6.45) is 0.722. The van der Waals surface area contributed by atoms with Crippen LogP contribution in [0.2, 0.25) is 0 Å². The lowest BCUT2D eigenvalue weighted by molar-refractivity contribution is 0.109. The van der Waals surface area contributed by atoms with Crippen LogP contribution in [0.1, 0.15) is 22.0 Å². The van der Waals surface area contributed by atoms with E-state index in [9.17, 15) is 4.79 Å². The van der Waals surface area contributed by atoms with E-state index in [0.29, 0.717) is 12.3 Å². The van der Waals surface area contributed by atoms with Crippen molar-refractivity contribution in [3.63, 3.8) is 0 Å². The van der Waals surface area contributed by atoms with E-state index in [2.05, 4.69) is 39.6 Å².